The van der Waals surface area contributed by atoms with Crippen LogP contribution in [0, 0.1) is 0 Å². The van der Waals surface area contributed by atoms with Gasteiger partial charge in [0.05, 0.1) is 16.7 Å². The first kappa shape index (κ1) is 35.2. The summed E-state index contributed by atoms with van der Waals surface area (Å²) in [5, 5.41) is 4.97. The number of hydrogen-bond acceptors (Lipinski definition) is 1. The molecule has 0 atom stereocenters. The van der Waals surface area contributed by atoms with Gasteiger partial charge in [-0.2, -0.15) is 0 Å². The van der Waals surface area contributed by atoms with Gasteiger partial charge in [-0.15, -0.1) is 0 Å². The molecule has 0 unspecified atom stereocenters. The minimum absolute atomic E-state index is 1.10. The molecule has 10 aromatic carbocycles. The summed E-state index contributed by atoms with van der Waals surface area (Å²) in [4.78, 5) is 2.36. The van der Waals surface area contributed by atoms with Crippen molar-refractivity contribution in [3.05, 3.63) is 243 Å². The number of rotatable bonds is 8. The predicted molar refractivity (Wildman–Crippen MR) is 255 cm³/mol. The highest BCUT2D eigenvalue weighted by molar-refractivity contribution is 6.09. The number of hydrogen-bond donors (Lipinski definition) is 0. The number of benzene rings is 10. The number of anilines is 3. The predicted octanol–water partition coefficient (Wildman–Crippen LogP) is 16.1. The summed E-state index contributed by atoms with van der Waals surface area (Å²) in [6.45, 7) is 0. The summed E-state index contributed by atoms with van der Waals surface area (Å²) in [5.74, 6) is 0. The van der Waals surface area contributed by atoms with Gasteiger partial charge in [-0.1, -0.05) is 188 Å². The SMILES string of the molecule is c1ccc(-c2ccccc2-c2ccc(N(c3ccc(-c4ccc(-c5ccccc5-n5c6ccccc6c6ccccc65)cc4)cc3)c3ccc4ccccc4c3)cc2)cc1. The first-order chi connectivity index (χ1) is 29.8. The second-order valence-corrected chi connectivity index (χ2v) is 15.3. The highest BCUT2D eigenvalue weighted by Crippen LogP contribution is 2.40. The van der Waals surface area contributed by atoms with Crippen molar-refractivity contribution in [1.82, 2.24) is 4.57 Å². The van der Waals surface area contributed by atoms with Crippen LogP contribution in [0.3, 0.4) is 0 Å². The van der Waals surface area contributed by atoms with E-state index in [1.54, 1.807) is 0 Å². The molecule has 0 aliphatic heterocycles. The lowest BCUT2D eigenvalue weighted by Crippen LogP contribution is -2.09. The van der Waals surface area contributed by atoms with E-state index in [-0.39, 0.29) is 0 Å². The number of nitrogens with zero attached hydrogens (tertiary/aromatic N) is 2. The molecule has 0 N–H and O–H groups in total. The van der Waals surface area contributed by atoms with E-state index < -0.39 is 0 Å². The lowest BCUT2D eigenvalue weighted by atomic mass is 9.94. The Hall–Kier alpha value is -7.94. The van der Waals surface area contributed by atoms with Gasteiger partial charge in [-0.3, -0.25) is 0 Å². The molecule has 0 saturated carbocycles. The maximum absolute atomic E-state index is 2.41. The average molecular weight is 765 g/mol. The maximum Gasteiger partial charge on any atom is 0.0541 e. The molecule has 0 bridgehead atoms. The van der Waals surface area contributed by atoms with Gasteiger partial charge < -0.3 is 9.47 Å². The zero-order chi connectivity index (χ0) is 39.8. The third-order valence-corrected chi connectivity index (χ3v) is 11.8. The van der Waals surface area contributed by atoms with Gasteiger partial charge in [-0.25, -0.2) is 0 Å². The van der Waals surface area contributed by atoms with Crippen LogP contribution >= 0.6 is 0 Å². The molecule has 2 nitrogen and oxygen atoms in total. The topological polar surface area (TPSA) is 8.17 Å². The zero-order valence-electron chi connectivity index (χ0n) is 33.0. The molecular formula is C58H40N2. The minimum atomic E-state index is 1.10. The molecule has 1 heterocycles. The molecule has 0 radical (unpaired) electrons. The summed E-state index contributed by atoms with van der Waals surface area (Å²) in [7, 11) is 0. The van der Waals surface area contributed by atoms with Gasteiger partial charge in [0.25, 0.3) is 0 Å². The first-order valence-corrected chi connectivity index (χ1v) is 20.6. The Bertz CT molecular complexity index is 3230. The quantitative estimate of drug-likeness (QED) is 0.150. The van der Waals surface area contributed by atoms with Crippen LogP contribution in [0.15, 0.2) is 243 Å². The molecule has 0 aliphatic carbocycles. The summed E-state index contributed by atoms with van der Waals surface area (Å²) >= 11 is 0. The van der Waals surface area contributed by atoms with Gasteiger partial charge in [0.2, 0.25) is 0 Å². The first-order valence-electron chi connectivity index (χ1n) is 20.6. The fraction of sp³-hybridized carbons (Fsp3) is 0. The van der Waals surface area contributed by atoms with Crippen LogP contribution in [-0.4, -0.2) is 4.57 Å². The summed E-state index contributed by atoms with van der Waals surface area (Å²) in [6.07, 6.45) is 0. The lowest BCUT2D eigenvalue weighted by molar-refractivity contribution is 1.18. The second kappa shape index (κ2) is 15.1. The van der Waals surface area contributed by atoms with Crippen LogP contribution in [0.5, 0.6) is 0 Å². The third kappa shape index (κ3) is 6.32. The van der Waals surface area contributed by atoms with Crippen molar-refractivity contribution in [3.63, 3.8) is 0 Å². The van der Waals surface area contributed by atoms with Crippen LogP contribution in [0.2, 0.25) is 0 Å². The van der Waals surface area contributed by atoms with Gasteiger partial charge in [0.1, 0.15) is 0 Å². The fourth-order valence-electron chi connectivity index (χ4n) is 8.90. The fourth-order valence-corrected chi connectivity index (χ4v) is 8.90. The monoisotopic (exact) mass is 764 g/mol. The van der Waals surface area contributed by atoms with Crippen LogP contribution in [0.1, 0.15) is 0 Å². The molecular weight excluding hydrogens is 725 g/mol. The van der Waals surface area contributed by atoms with Gasteiger partial charge in [-0.05, 0) is 104 Å². The summed E-state index contributed by atoms with van der Waals surface area (Å²) < 4.78 is 2.41. The molecule has 0 spiro atoms. The number of para-hydroxylation sites is 3. The smallest absolute Gasteiger partial charge is 0.0541 e. The van der Waals surface area contributed by atoms with Crippen molar-refractivity contribution >= 4 is 49.6 Å². The van der Waals surface area contributed by atoms with Gasteiger partial charge in [0, 0.05) is 33.4 Å². The van der Waals surface area contributed by atoms with Crippen LogP contribution in [0.25, 0.3) is 82.8 Å². The minimum Gasteiger partial charge on any atom is -0.310 e. The van der Waals surface area contributed by atoms with Crippen LogP contribution in [0.4, 0.5) is 17.1 Å². The normalized spacial score (nSPS) is 11.3. The Morgan fingerprint density at radius 2 is 0.683 bits per heavy atom. The van der Waals surface area contributed by atoms with Crippen LogP contribution in [-0.2, 0) is 0 Å². The Morgan fingerprint density at radius 3 is 1.32 bits per heavy atom. The molecule has 1 aromatic heterocycles. The molecule has 282 valence electrons. The van der Waals surface area contributed by atoms with E-state index in [0.29, 0.717) is 0 Å². The average Bonchev–Trinajstić information content (AvgIpc) is 3.67. The van der Waals surface area contributed by atoms with E-state index >= 15 is 0 Å². The molecule has 60 heavy (non-hydrogen) atoms. The molecule has 0 aliphatic rings. The molecule has 11 aromatic rings. The Kier molecular flexibility index (Phi) is 8.87. The lowest BCUT2D eigenvalue weighted by Gasteiger charge is -2.26. The standard InChI is InChI=1S/C58H40N2/c1-2-15-44(16-3-1)51-18-6-7-19-52(51)45-33-37-49(38-34-45)59(50-39-32-41-14-4-5-17-47(41)40-50)48-35-30-43(31-36-48)42-26-28-46(29-27-42)53-20-8-11-23-56(53)60-57-24-12-9-21-54(57)55-22-10-13-25-58(55)60/h1-40H. The highest BCUT2D eigenvalue weighted by atomic mass is 15.1. The van der Waals surface area contributed by atoms with E-state index in [1.165, 1.54) is 82.8 Å². The largest absolute Gasteiger partial charge is 0.310 e. The maximum atomic E-state index is 2.41. The van der Waals surface area contributed by atoms with Gasteiger partial charge >= 0.3 is 0 Å². The Morgan fingerprint density at radius 1 is 0.267 bits per heavy atom. The van der Waals surface area contributed by atoms with Crippen LogP contribution < -0.4 is 4.90 Å². The van der Waals surface area contributed by atoms with Crippen molar-refractivity contribution in [2.24, 2.45) is 0 Å². The molecule has 0 fully saturated rings. The summed E-state index contributed by atoms with van der Waals surface area (Å²) in [5.41, 5.74) is 16.5. The van der Waals surface area contributed by atoms with Gasteiger partial charge in [0.15, 0.2) is 0 Å². The molecule has 2 heteroatoms. The van der Waals surface area contributed by atoms with Crippen molar-refractivity contribution in [1.29, 1.82) is 0 Å². The van der Waals surface area contributed by atoms with E-state index in [1.807, 2.05) is 0 Å². The number of aromatic nitrogens is 1. The Balaban J connectivity index is 0.934. The molecule has 0 amide bonds. The van der Waals surface area contributed by atoms with Crippen molar-refractivity contribution in [2.75, 3.05) is 4.90 Å². The zero-order valence-corrected chi connectivity index (χ0v) is 33.0. The van der Waals surface area contributed by atoms with E-state index in [9.17, 15) is 0 Å². The van der Waals surface area contributed by atoms with Crippen molar-refractivity contribution in [2.45, 2.75) is 0 Å². The molecule has 11 rings (SSSR count). The second-order valence-electron chi connectivity index (χ2n) is 15.3. The van der Waals surface area contributed by atoms with Crippen molar-refractivity contribution < 1.29 is 0 Å². The van der Waals surface area contributed by atoms with E-state index in [2.05, 4.69) is 252 Å². The Labute approximate surface area is 350 Å². The molecule has 0 saturated heterocycles. The third-order valence-electron chi connectivity index (χ3n) is 11.8. The van der Waals surface area contributed by atoms with E-state index in [0.717, 1.165) is 17.1 Å². The number of fused-ring (bicyclic) bond motifs is 4. The highest BCUT2D eigenvalue weighted by Gasteiger charge is 2.17. The van der Waals surface area contributed by atoms with E-state index in [4.69, 9.17) is 0 Å². The van der Waals surface area contributed by atoms with Crippen molar-refractivity contribution in [3.8, 4) is 50.2 Å². The summed E-state index contributed by atoms with van der Waals surface area (Å²) in [6, 6.07) is 87.7.